The number of hydrogen-bond donors (Lipinski definition) is 2. The van der Waals surface area contributed by atoms with Crippen LogP contribution in [0.4, 0.5) is 10.5 Å². The van der Waals surface area contributed by atoms with Crippen LogP contribution in [0.1, 0.15) is 5.56 Å². The number of aryl methyl sites for hydroxylation is 1. The molecule has 25 heavy (non-hydrogen) atoms. The number of halogens is 1. The average molecular weight is 414 g/mol. The molecule has 0 aliphatic heterocycles. The normalized spacial score (nSPS) is 11.6. The van der Waals surface area contributed by atoms with Gasteiger partial charge in [0.15, 0.2) is 0 Å². The number of carbonyl (C=O) groups excluding carboxylic acids is 1. The van der Waals surface area contributed by atoms with Crippen LogP contribution >= 0.6 is 32.2 Å². The maximum atomic E-state index is 12.4. The zero-order chi connectivity index (χ0) is 18.2. The zero-order valence-electron chi connectivity index (χ0n) is 13.2. The summed E-state index contributed by atoms with van der Waals surface area (Å²) in [5.41, 5.74) is 1.30. The maximum absolute atomic E-state index is 12.4. The number of fused-ring (bicyclic) bond motifs is 1. The number of sulfonamides is 1. The summed E-state index contributed by atoms with van der Waals surface area (Å²) in [6.07, 6.45) is 0. The summed E-state index contributed by atoms with van der Waals surface area (Å²) in [6, 6.07) is 11.5. The summed E-state index contributed by atoms with van der Waals surface area (Å²) in [4.78, 5) is 12.2. The molecule has 0 saturated carbocycles. The molecule has 2 N–H and O–H groups in total. The van der Waals surface area contributed by atoms with Crippen LogP contribution in [0.2, 0.25) is 5.02 Å². The molecule has 0 radical (unpaired) electrons. The predicted octanol–water partition coefficient (Wildman–Crippen LogP) is 3.61. The molecule has 1 heterocycles. The summed E-state index contributed by atoms with van der Waals surface area (Å²) in [7, 11) is -2.38. The van der Waals surface area contributed by atoms with Crippen LogP contribution in [0.3, 0.4) is 0 Å². The minimum absolute atomic E-state index is 0.0928. The number of nitrogens with one attached hydrogen (secondary N) is 2. The highest BCUT2D eigenvalue weighted by Crippen LogP contribution is 2.28. The Morgan fingerprint density at radius 1 is 1.20 bits per heavy atom. The van der Waals surface area contributed by atoms with Gasteiger partial charge in [0.25, 0.3) is 10.0 Å². The van der Waals surface area contributed by atoms with E-state index in [-0.39, 0.29) is 4.21 Å². The van der Waals surface area contributed by atoms with Crippen molar-refractivity contribution in [1.82, 2.24) is 4.72 Å². The van der Waals surface area contributed by atoms with Crippen LogP contribution < -0.4 is 15.3 Å². The first-order valence-electron chi connectivity index (χ1n) is 7.21. The van der Waals surface area contributed by atoms with Gasteiger partial charge in [-0.15, -0.1) is 11.3 Å². The highest BCUT2D eigenvalue weighted by Gasteiger charge is 2.21. The molecule has 0 saturated heterocycles. The fourth-order valence-electron chi connectivity index (χ4n) is 2.39. The van der Waals surface area contributed by atoms with Crippen molar-refractivity contribution < 1.29 is 13.2 Å². The number of hydrogen-bond acceptors (Lipinski definition) is 4. The molecule has 3 rings (SSSR count). The molecule has 0 fully saturated rings. The van der Waals surface area contributed by atoms with Crippen molar-refractivity contribution in [3.8, 4) is 0 Å². The zero-order valence-corrected chi connectivity index (χ0v) is 17.0. The lowest BCUT2D eigenvalue weighted by Crippen LogP contribution is -2.35. The third kappa shape index (κ3) is 3.96. The van der Waals surface area contributed by atoms with E-state index >= 15 is 0 Å². The second kappa shape index (κ2) is 6.92. The molecule has 2 amide bonds. The molecule has 9 heteroatoms. The highest BCUT2D eigenvalue weighted by molar-refractivity contribution is 7.92. The quantitative estimate of drug-likeness (QED) is 0.644. The number of thiophene rings is 1. The van der Waals surface area contributed by atoms with E-state index in [1.54, 1.807) is 34.4 Å². The molecule has 130 valence electrons. The van der Waals surface area contributed by atoms with Crippen molar-refractivity contribution in [3.63, 3.8) is 0 Å². The first-order chi connectivity index (χ1) is 11.8. The average Bonchev–Trinajstić information content (AvgIpc) is 2.95. The number of carbonyl (C=O) groups is 1. The molecule has 2 aromatic carbocycles. The summed E-state index contributed by atoms with van der Waals surface area (Å²) in [5, 5.41) is 4.75. The number of rotatable bonds is 3. The Balaban J connectivity index is 1.82. The van der Waals surface area contributed by atoms with Gasteiger partial charge in [-0.1, -0.05) is 29.8 Å². The Hall–Kier alpha value is -1.66. The second-order valence-electron chi connectivity index (χ2n) is 5.42. The third-order valence-electron chi connectivity index (χ3n) is 3.52. The van der Waals surface area contributed by atoms with Crippen LogP contribution in [0, 0.1) is 6.92 Å². The van der Waals surface area contributed by atoms with E-state index in [9.17, 15) is 13.2 Å². The first-order valence-corrected chi connectivity index (χ1v) is 10.6. The van der Waals surface area contributed by atoms with Crippen LogP contribution in [0.5, 0.6) is 0 Å². The van der Waals surface area contributed by atoms with Crippen molar-refractivity contribution in [2.24, 2.45) is 0 Å². The Kier molecular flexibility index (Phi) is 5.02. The SMILES string of the molecule is Cc1cc(Cl)cc([PH3+])c1NC(=O)NS(=O)(=O)c1cc2ccccc2s1. The number of benzene rings is 2. The fraction of sp³-hybridized carbons (Fsp3) is 0.0625. The Bertz CT molecular complexity index is 1020. The first kappa shape index (κ1) is 18.1. The molecule has 1 aromatic heterocycles. The Morgan fingerprint density at radius 3 is 2.60 bits per heavy atom. The second-order valence-corrected chi connectivity index (χ2v) is 9.61. The topological polar surface area (TPSA) is 75.3 Å². The van der Waals surface area contributed by atoms with Crippen LogP contribution in [-0.2, 0) is 10.0 Å². The largest absolute Gasteiger partial charge is 0.333 e. The standard InChI is InChI=1S/C16H14ClN2O3PS2/c1-9-6-11(17)8-12(23)15(9)18-16(20)19-25(21,22)14-7-10-4-2-3-5-13(10)24-14/h2-8H,23H2,1H3,(H2,18,19,20)/p+1. The molecule has 0 aliphatic carbocycles. The minimum atomic E-state index is -3.94. The minimum Gasteiger partial charge on any atom is -0.303 e. The van der Waals surface area contributed by atoms with Gasteiger partial charge >= 0.3 is 6.03 Å². The van der Waals surface area contributed by atoms with Crippen molar-refractivity contribution >= 4 is 69.3 Å². The van der Waals surface area contributed by atoms with Gasteiger partial charge in [0.2, 0.25) is 0 Å². The Labute approximate surface area is 156 Å². The monoisotopic (exact) mass is 413 g/mol. The van der Waals surface area contributed by atoms with Crippen molar-refractivity contribution in [3.05, 3.63) is 53.1 Å². The summed E-state index contributed by atoms with van der Waals surface area (Å²) in [6.45, 7) is 1.79. The lowest BCUT2D eigenvalue weighted by Gasteiger charge is -2.10. The van der Waals surface area contributed by atoms with Gasteiger partial charge in [-0.2, -0.15) is 0 Å². The van der Waals surface area contributed by atoms with Crippen LogP contribution in [0.25, 0.3) is 10.1 Å². The van der Waals surface area contributed by atoms with E-state index in [0.29, 0.717) is 10.7 Å². The summed E-state index contributed by atoms with van der Waals surface area (Å²) >= 11 is 7.08. The van der Waals surface area contributed by atoms with Gasteiger partial charge in [-0.3, -0.25) is 0 Å². The van der Waals surface area contributed by atoms with Gasteiger partial charge in [0.1, 0.15) is 9.51 Å². The van der Waals surface area contributed by atoms with Gasteiger partial charge in [-0.05, 0) is 36.1 Å². The van der Waals surface area contributed by atoms with E-state index in [1.807, 2.05) is 24.3 Å². The van der Waals surface area contributed by atoms with Gasteiger partial charge in [0.05, 0.1) is 5.69 Å². The summed E-state index contributed by atoms with van der Waals surface area (Å²) in [5.74, 6) is 0. The van der Waals surface area contributed by atoms with Crippen molar-refractivity contribution in [1.29, 1.82) is 0 Å². The van der Waals surface area contributed by atoms with E-state index < -0.39 is 16.1 Å². The highest BCUT2D eigenvalue weighted by atomic mass is 35.5. The van der Waals surface area contributed by atoms with E-state index in [2.05, 4.69) is 10.0 Å². The third-order valence-corrected chi connectivity index (χ3v) is 7.21. The molecule has 0 bridgehead atoms. The van der Waals surface area contributed by atoms with Gasteiger partial charge in [0, 0.05) is 25.0 Å². The van der Waals surface area contributed by atoms with E-state index in [0.717, 1.165) is 32.3 Å². The lowest BCUT2D eigenvalue weighted by atomic mass is 10.2. The van der Waals surface area contributed by atoms with Gasteiger partial charge < -0.3 is 5.32 Å². The van der Waals surface area contributed by atoms with Gasteiger partial charge in [-0.25, -0.2) is 17.9 Å². The van der Waals surface area contributed by atoms with Crippen molar-refractivity contribution in [2.45, 2.75) is 11.1 Å². The maximum Gasteiger partial charge on any atom is 0.333 e. The number of amides is 2. The fourth-order valence-corrected chi connectivity index (χ4v) is 5.71. The Morgan fingerprint density at radius 2 is 1.92 bits per heavy atom. The summed E-state index contributed by atoms with van der Waals surface area (Å²) < 4.78 is 27.9. The molecule has 0 spiro atoms. The molecule has 5 nitrogen and oxygen atoms in total. The molecule has 3 aromatic rings. The van der Waals surface area contributed by atoms with E-state index in [4.69, 9.17) is 11.6 Å². The number of anilines is 1. The van der Waals surface area contributed by atoms with Crippen molar-refractivity contribution in [2.75, 3.05) is 5.32 Å². The number of urea groups is 1. The molecule has 1 unspecified atom stereocenters. The van der Waals surface area contributed by atoms with Crippen LogP contribution in [0.15, 0.2) is 46.7 Å². The smallest absolute Gasteiger partial charge is 0.303 e. The molecular formula is C16H15ClN2O3PS2+. The molecule has 1 atom stereocenters. The lowest BCUT2D eigenvalue weighted by molar-refractivity contribution is 0.256. The molecule has 0 aliphatic rings. The van der Waals surface area contributed by atoms with E-state index in [1.165, 1.54) is 0 Å². The molecular weight excluding hydrogens is 399 g/mol. The van der Waals surface area contributed by atoms with Crippen LogP contribution in [-0.4, -0.2) is 14.4 Å². The predicted molar refractivity (Wildman–Crippen MR) is 108 cm³/mol.